The fraction of sp³-hybridized carbons (Fsp3) is 0.500. The number of rotatable bonds is 4. The zero-order chi connectivity index (χ0) is 14.6. The highest BCUT2D eigenvalue weighted by molar-refractivity contribution is 5.97. The smallest absolute Gasteiger partial charge is 0.306 e. The van der Waals surface area contributed by atoms with Gasteiger partial charge < -0.3 is 4.74 Å². The molecular weight excluding hydrogens is 240 g/mol. The van der Waals surface area contributed by atoms with E-state index < -0.39 is 5.60 Å². The Morgan fingerprint density at radius 1 is 1.05 bits per heavy atom. The van der Waals surface area contributed by atoms with Crippen LogP contribution in [-0.4, -0.2) is 17.4 Å². The predicted octanol–water partition coefficient (Wildman–Crippen LogP) is 3.61. The number of ether oxygens (including phenoxy) is 1. The van der Waals surface area contributed by atoms with Gasteiger partial charge in [0.25, 0.3) is 0 Å². The van der Waals surface area contributed by atoms with Gasteiger partial charge in [0.05, 0.1) is 6.42 Å². The van der Waals surface area contributed by atoms with E-state index in [0.717, 1.165) is 11.1 Å². The van der Waals surface area contributed by atoms with E-state index in [0.29, 0.717) is 5.56 Å². The third-order valence-corrected chi connectivity index (χ3v) is 2.81. The molecule has 0 bridgehead atoms. The summed E-state index contributed by atoms with van der Waals surface area (Å²) in [7, 11) is 0. The monoisotopic (exact) mass is 262 g/mol. The van der Waals surface area contributed by atoms with Crippen LogP contribution in [0.3, 0.4) is 0 Å². The van der Waals surface area contributed by atoms with Gasteiger partial charge in [-0.25, -0.2) is 0 Å². The second kappa shape index (κ2) is 6.00. The first-order valence-corrected chi connectivity index (χ1v) is 6.51. The Bertz CT molecular complexity index is 481. The van der Waals surface area contributed by atoms with Gasteiger partial charge in [0.15, 0.2) is 5.78 Å². The van der Waals surface area contributed by atoms with Gasteiger partial charge in [-0.3, -0.25) is 9.59 Å². The van der Waals surface area contributed by atoms with Crippen LogP contribution >= 0.6 is 0 Å². The average molecular weight is 262 g/mol. The Kier molecular flexibility index (Phi) is 4.87. The van der Waals surface area contributed by atoms with E-state index in [4.69, 9.17) is 4.74 Å². The molecule has 0 amide bonds. The zero-order valence-corrected chi connectivity index (χ0v) is 12.4. The van der Waals surface area contributed by atoms with Crippen LogP contribution in [0.2, 0.25) is 0 Å². The molecule has 0 unspecified atom stereocenters. The van der Waals surface area contributed by atoms with Crippen molar-refractivity contribution in [1.29, 1.82) is 0 Å². The highest BCUT2D eigenvalue weighted by atomic mass is 16.6. The van der Waals surface area contributed by atoms with E-state index in [1.165, 1.54) is 0 Å². The lowest BCUT2D eigenvalue weighted by molar-refractivity contribution is -0.154. The van der Waals surface area contributed by atoms with Crippen LogP contribution in [0.15, 0.2) is 18.2 Å². The maximum Gasteiger partial charge on any atom is 0.306 e. The van der Waals surface area contributed by atoms with E-state index in [9.17, 15) is 9.59 Å². The summed E-state index contributed by atoms with van der Waals surface area (Å²) in [5.41, 5.74) is 2.40. The van der Waals surface area contributed by atoms with Crippen LogP contribution in [0, 0.1) is 13.8 Å². The molecule has 0 aliphatic rings. The van der Waals surface area contributed by atoms with E-state index in [2.05, 4.69) is 0 Å². The largest absolute Gasteiger partial charge is 0.460 e. The molecule has 1 aromatic rings. The van der Waals surface area contributed by atoms with Crippen molar-refractivity contribution in [3.63, 3.8) is 0 Å². The Balaban J connectivity index is 2.56. The van der Waals surface area contributed by atoms with Crippen LogP contribution in [0.4, 0.5) is 0 Å². The van der Waals surface area contributed by atoms with E-state index in [1.807, 2.05) is 46.8 Å². The van der Waals surface area contributed by atoms with E-state index >= 15 is 0 Å². The number of hydrogen-bond donors (Lipinski definition) is 0. The van der Waals surface area contributed by atoms with Gasteiger partial charge in [-0.05, 0) is 51.8 Å². The summed E-state index contributed by atoms with van der Waals surface area (Å²) in [5.74, 6) is -0.348. The molecule has 1 rings (SSSR count). The minimum absolute atomic E-state index is 0.0195. The van der Waals surface area contributed by atoms with Gasteiger partial charge in [0, 0.05) is 12.0 Å². The molecule has 0 spiro atoms. The van der Waals surface area contributed by atoms with Crippen molar-refractivity contribution in [2.75, 3.05) is 0 Å². The molecule has 0 aliphatic heterocycles. The van der Waals surface area contributed by atoms with E-state index in [1.54, 1.807) is 6.07 Å². The highest BCUT2D eigenvalue weighted by Gasteiger charge is 2.17. The summed E-state index contributed by atoms with van der Waals surface area (Å²) in [5, 5.41) is 0. The third kappa shape index (κ3) is 5.25. The minimum Gasteiger partial charge on any atom is -0.460 e. The van der Waals surface area contributed by atoms with Gasteiger partial charge in [0.1, 0.15) is 5.60 Å². The maximum atomic E-state index is 12.0. The summed E-state index contributed by atoms with van der Waals surface area (Å²) in [4.78, 5) is 23.5. The van der Waals surface area contributed by atoms with Crippen molar-refractivity contribution in [1.82, 2.24) is 0 Å². The number of Topliss-reactive ketones (excluding diaryl/α,β-unsaturated/α-hetero) is 1. The molecule has 19 heavy (non-hydrogen) atoms. The summed E-state index contributed by atoms with van der Waals surface area (Å²) in [6, 6.07) is 5.60. The first-order chi connectivity index (χ1) is 8.69. The molecular formula is C16H22O3. The number of benzene rings is 1. The van der Waals surface area contributed by atoms with Crippen molar-refractivity contribution in [2.24, 2.45) is 0 Å². The Morgan fingerprint density at radius 3 is 2.21 bits per heavy atom. The second-order valence-electron chi connectivity index (χ2n) is 5.81. The number of carbonyl (C=O) groups is 2. The minimum atomic E-state index is -0.499. The number of hydrogen-bond acceptors (Lipinski definition) is 3. The number of carbonyl (C=O) groups excluding carboxylic acids is 2. The molecule has 1 aromatic carbocycles. The van der Waals surface area contributed by atoms with Gasteiger partial charge in [0.2, 0.25) is 0 Å². The number of ketones is 1. The molecule has 0 fully saturated rings. The first kappa shape index (κ1) is 15.4. The van der Waals surface area contributed by atoms with Crippen molar-refractivity contribution in [3.05, 3.63) is 34.9 Å². The molecule has 3 nitrogen and oxygen atoms in total. The van der Waals surface area contributed by atoms with Crippen LogP contribution in [0.5, 0.6) is 0 Å². The Labute approximate surface area is 115 Å². The van der Waals surface area contributed by atoms with Crippen LogP contribution in [-0.2, 0) is 9.53 Å². The fourth-order valence-electron chi connectivity index (χ4n) is 1.67. The Morgan fingerprint density at radius 2 is 1.68 bits per heavy atom. The summed E-state index contributed by atoms with van der Waals surface area (Å²) in [6.45, 7) is 9.42. The van der Waals surface area contributed by atoms with Crippen molar-refractivity contribution < 1.29 is 14.3 Å². The van der Waals surface area contributed by atoms with Crippen LogP contribution in [0.1, 0.15) is 55.1 Å². The second-order valence-corrected chi connectivity index (χ2v) is 5.81. The van der Waals surface area contributed by atoms with Gasteiger partial charge in [-0.15, -0.1) is 0 Å². The third-order valence-electron chi connectivity index (χ3n) is 2.81. The standard InChI is InChI=1S/C16H22O3/c1-11-6-7-13(10-12(11)2)14(17)8-9-15(18)19-16(3,4)5/h6-7,10H,8-9H2,1-5H3. The van der Waals surface area contributed by atoms with Gasteiger partial charge >= 0.3 is 5.97 Å². The van der Waals surface area contributed by atoms with Gasteiger partial charge in [-0.2, -0.15) is 0 Å². The molecule has 0 saturated heterocycles. The predicted molar refractivity (Wildman–Crippen MR) is 75.3 cm³/mol. The Hall–Kier alpha value is -1.64. The molecule has 104 valence electrons. The van der Waals surface area contributed by atoms with Crippen molar-refractivity contribution in [2.45, 2.75) is 53.1 Å². The molecule has 0 radical (unpaired) electrons. The number of esters is 1. The molecule has 0 atom stereocenters. The summed E-state index contributed by atoms with van der Waals surface area (Å²) >= 11 is 0. The lowest BCUT2D eigenvalue weighted by Gasteiger charge is -2.19. The van der Waals surface area contributed by atoms with Crippen LogP contribution in [0.25, 0.3) is 0 Å². The van der Waals surface area contributed by atoms with Crippen molar-refractivity contribution >= 4 is 11.8 Å². The maximum absolute atomic E-state index is 12.0. The molecule has 0 aliphatic carbocycles. The van der Waals surface area contributed by atoms with Crippen molar-refractivity contribution in [3.8, 4) is 0 Å². The lowest BCUT2D eigenvalue weighted by atomic mass is 10.0. The fourth-order valence-corrected chi connectivity index (χ4v) is 1.67. The van der Waals surface area contributed by atoms with Gasteiger partial charge in [-0.1, -0.05) is 12.1 Å². The topological polar surface area (TPSA) is 43.4 Å². The lowest BCUT2D eigenvalue weighted by Crippen LogP contribution is -2.24. The normalized spacial score (nSPS) is 11.2. The summed E-state index contributed by atoms with van der Waals surface area (Å²) < 4.78 is 5.18. The average Bonchev–Trinajstić information content (AvgIpc) is 2.27. The summed E-state index contributed by atoms with van der Waals surface area (Å²) in [6.07, 6.45) is 0.320. The molecule has 0 heterocycles. The SMILES string of the molecule is Cc1ccc(C(=O)CCC(=O)OC(C)(C)C)cc1C. The molecule has 0 saturated carbocycles. The molecule has 0 aromatic heterocycles. The van der Waals surface area contributed by atoms with Crippen LogP contribution < -0.4 is 0 Å². The van der Waals surface area contributed by atoms with E-state index in [-0.39, 0.29) is 24.6 Å². The zero-order valence-electron chi connectivity index (χ0n) is 12.4. The number of aryl methyl sites for hydroxylation is 2. The first-order valence-electron chi connectivity index (χ1n) is 6.51. The highest BCUT2D eigenvalue weighted by Crippen LogP contribution is 2.14. The molecule has 3 heteroatoms. The quantitative estimate of drug-likeness (QED) is 0.615. The molecule has 0 N–H and O–H groups in total.